The van der Waals surface area contributed by atoms with E-state index in [9.17, 15) is 14.4 Å². The second-order valence-electron chi connectivity index (χ2n) is 4.79. The Morgan fingerprint density at radius 1 is 1.17 bits per heavy atom. The average molecular weight is 256 g/mol. The van der Waals surface area contributed by atoms with Crippen molar-refractivity contribution in [2.75, 3.05) is 0 Å². The maximum Gasteiger partial charge on any atom is 0.325 e. The fraction of sp³-hybridized carbons (Fsp3) is 0.750. The Balaban J connectivity index is 2.66. The maximum absolute atomic E-state index is 12.0. The van der Waals surface area contributed by atoms with E-state index in [2.05, 4.69) is 10.6 Å². The average Bonchev–Trinajstić information content (AvgIpc) is 2.78. The number of amides is 2. The lowest BCUT2D eigenvalue weighted by Crippen LogP contribution is -2.53. The number of carboxylic acid groups (broad SMARTS) is 1. The van der Waals surface area contributed by atoms with Crippen LogP contribution in [0.3, 0.4) is 0 Å². The molecule has 1 rings (SSSR count). The Bertz CT molecular complexity index is 337. The molecule has 102 valence electrons. The molecule has 1 aliphatic carbocycles. The van der Waals surface area contributed by atoms with Gasteiger partial charge in [-0.15, -0.1) is 0 Å². The summed E-state index contributed by atoms with van der Waals surface area (Å²) in [5, 5.41) is 13.8. The molecule has 1 unspecified atom stereocenters. The number of carbonyl (C=O) groups is 3. The predicted octanol–water partition coefficient (Wildman–Crippen LogP) is 0.271. The molecule has 6 heteroatoms. The van der Waals surface area contributed by atoms with Crippen molar-refractivity contribution in [3.8, 4) is 0 Å². The van der Waals surface area contributed by atoms with E-state index in [1.54, 1.807) is 0 Å². The number of nitrogens with one attached hydrogen (secondary N) is 2. The van der Waals surface area contributed by atoms with Gasteiger partial charge in [0.25, 0.3) is 0 Å². The highest BCUT2D eigenvalue weighted by Gasteiger charge is 2.32. The van der Waals surface area contributed by atoms with Crippen molar-refractivity contribution in [2.24, 2.45) is 5.92 Å². The number of hydrogen-bond acceptors (Lipinski definition) is 3. The molecular weight excluding hydrogens is 236 g/mol. The molecule has 0 aliphatic heterocycles. The molecule has 0 spiro atoms. The number of rotatable bonds is 5. The summed E-state index contributed by atoms with van der Waals surface area (Å²) in [5.74, 6) is -1.66. The molecule has 1 saturated carbocycles. The molecule has 0 saturated heterocycles. The normalized spacial score (nSPS) is 19.0. The number of carboxylic acids is 1. The van der Waals surface area contributed by atoms with Crippen LogP contribution in [0.1, 0.15) is 39.5 Å². The summed E-state index contributed by atoms with van der Waals surface area (Å²) in [7, 11) is 0. The van der Waals surface area contributed by atoms with Gasteiger partial charge < -0.3 is 15.7 Å². The van der Waals surface area contributed by atoms with E-state index in [0.717, 1.165) is 25.7 Å². The molecule has 0 heterocycles. The van der Waals surface area contributed by atoms with E-state index in [4.69, 9.17) is 5.11 Å². The number of hydrogen-bond donors (Lipinski definition) is 3. The van der Waals surface area contributed by atoms with Crippen LogP contribution in [0, 0.1) is 5.92 Å². The van der Waals surface area contributed by atoms with Gasteiger partial charge in [0.1, 0.15) is 12.1 Å². The molecule has 6 nitrogen and oxygen atoms in total. The van der Waals surface area contributed by atoms with Crippen molar-refractivity contribution in [2.45, 2.75) is 51.6 Å². The Kier molecular flexibility index (Phi) is 5.12. The summed E-state index contributed by atoms with van der Waals surface area (Å²) in [6.45, 7) is 2.76. The van der Waals surface area contributed by atoms with Crippen LogP contribution in [0.2, 0.25) is 0 Å². The first-order valence-corrected chi connectivity index (χ1v) is 6.22. The molecule has 2 atom stereocenters. The molecule has 3 N–H and O–H groups in total. The van der Waals surface area contributed by atoms with E-state index in [0.29, 0.717) is 0 Å². The zero-order valence-electron chi connectivity index (χ0n) is 10.7. The first-order valence-electron chi connectivity index (χ1n) is 6.22. The van der Waals surface area contributed by atoms with Gasteiger partial charge in [0.2, 0.25) is 11.8 Å². The van der Waals surface area contributed by atoms with E-state index < -0.39 is 24.0 Å². The van der Waals surface area contributed by atoms with Crippen molar-refractivity contribution in [3.63, 3.8) is 0 Å². The monoisotopic (exact) mass is 256 g/mol. The lowest BCUT2D eigenvalue weighted by Gasteiger charge is -2.24. The van der Waals surface area contributed by atoms with Crippen molar-refractivity contribution in [1.82, 2.24) is 10.6 Å². The van der Waals surface area contributed by atoms with Gasteiger partial charge in [0.15, 0.2) is 0 Å². The SMILES string of the molecule is CC(=O)NC(C(=O)N[C@H](C)C(=O)O)C1CCCC1. The zero-order chi connectivity index (χ0) is 13.7. The summed E-state index contributed by atoms with van der Waals surface area (Å²) in [5.41, 5.74) is 0. The standard InChI is InChI=1S/C12H20N2O4/c1-7(12(17)18)13-11(16)10(14-8(2)15)9-5-3-4-6-9/h7,9-10H,3-6H2,1-2H3,(H,13,16)(H,14,15)(H,17,18)/t7-,10?/m1/s1. The Hall–Kier alpha value is -1.59. The number of aliphatic carboxylic acids is 1. The minimum Gasteiger partial charge on any atom is -0.480 e. The van der Waals surface area contributed by atoms with E-state index in [1.807, 2.05) is 0 Å². The van der Waals surface area contributed by atoms with Gasteiger partial charge in [-0.2, -0.15) is 0 Å². The Morgan fingerprint density at radius 2 is 1.72 bits per heavy atom. The van der Waals surface area contributed by atoms with Crippen LogP contribution < -0.4 is 10.6 Å². The highest BCUT2D eigenvalue weighted by atomic mass is 16.4. The third-order valence-electron chi connectivity index (χ3n) is 3.24. The largest absolute Gasteiger partial charge is 0.480 e. The van der Waals surface area contributed by atoms with Crippen LogP contribution >= 0.6 is 0 Å². The second kappa shape index (κ2) is 6.37. The van der Waals surface area contributed by atoms with Gasteiger partial charge >= 0.3 is 5.97 Å². The quantitative estimate of drug-likeness (QED) is 0.658. The summed E-state index contributed by atoms with van der Waals surface area (Å²) < 4.78 is 0. The van der Waals surface area contributed by atoms with Crippen molar-refractivity contribution >= 4 is 17.8 Å². The molecule has 0 aromatic carbocycles. The van der Waals surface area contributed by atoms with E-state index in [-0.39, 0.29) is 11.8 Å². The van der Waals surface area contributed by atoms with Crippen molar-refractivity contribution < 1.29 is 19.5 Å². The molecule has 18 heavy (non-hydrogen) atoms. The summed E-state index contributed by atoms with van der Waals surface area (Å²) in [4.78, 5) is 33.8. The Morgan fingerprint density at radius 3 is 2.17 bits per heavy atom. The highest BCUT2D eigenvalue weighted by molar-refractivity contribution is 5.90. The lowest BCUT2D eigenvalue weighted by molar-refractivity contribution is -0.142. The lowest BCUT2D eigenvalue weighted by atomic mass is 9.97. The molecule has 0 aromatic heterocycles. The van der Waals surface area contributed by atoms with E-state index >= 15 is 0 Å². The third-order valence-corrected chi connectivity index (χ3v) is 3.24. The summed E-state index contributed by atoms with van der Waals surface area (Å²) in [6, 6.07) is -1.57. The van der Waals surface area contributed by atoms with Gasteiger partial charge in [-0.3, -0.25) is 14.4 Å². The van der Waals surface area contributed by atoms with Crippen LogP contribution in [0.25, 0.3) is 0 Å². The zero-order valence-corrected chi connectivity index (χ0v) is 10.7. The molecule has 2 amide bonds. The van der Waals surface area contributed by atoms with Crippen LogP contribution in [0.15, 0.2) is 0 Å². The molecule has 1 fully saturated rings. The molecule has 0 bridgehead atoms. The van der Waals surface area contributed by atoms with Crippen molar-refractivity contribution in [1.29, 1.82) is 0 Å². The second-order valence-corrected chi connectivity index (χ2v) is 4.79. The maximum atomic E-state index is 12.0. The summed E-state index contributed by atoms with van der Waals surface area (Å²) >= 11 is 0. The van der Waals surface area contributed by atoms with E-state index in [1.165, 1.54) is 13.8 Å². The van der Waals surface area contributed by atoms with Gasteiger partial charge in [-0.05, 0) is 25.7 Å². The van der Waals surface area contributed by atoms with Gasteiger partial charge in [0.05, 0.1) is 0 Å². The van der Waals surface area contributed by atoms with Crippen LogP contribution in [0.4, 0.5) is 0 Å². The first kappa shape index (κ1) is 14.5. The highest BCUT2D eigenvalue weighted by Crippen LogP contribution is 2.27. The molecular formula is C12H20N2O4. The predicted molar refractivity (Wildman–Crippen MR) is 64.8 cm³/mol. The molecule has 1 aliphatic rings. The van der Waals surface area contributed by atoms with Gasteiger partial charge in [-0.25, -0.2) is 0 Å². The Labute approximate surface area is 106 Å². The van der Waals surface area contributed by atoms with Crippen LogP contribution in [-0.2, 0) is 14.4 Å². The molecule has 0 aromatic rings. The minimum atomic E-state index is -1.09. The minimum absolute atomic E-state index is 0.106. The smallest absolute Gasteiger partial charge is 0.325 e. The molecule has 0 radical (unpaired) electrons. The van der Waals surface area contributed by atoms with Gasteiger partial charge in [0, 0.05) is 6.92 Å². The first-order chi connectivity index (χ1) is 8.41. The van der Waals surface area contributed by atoms with Crippen LogP contribution in [-0.4, -0.2) is 35.0 Å². The fourth-order valence-corrected chi connectivity index (χ4v) is 2.27. The van der Waals surface area contributed by atoms with Gasteiger partial charge in [-0.1, -0.05) is 12.8 Å². The fourth-order valence-electron chi connectivity index (χ4n) is 2.27. The third kappa shape index (κ3) is 4.01. The summed E-state index contributed by atoms with van der Waals surface area (Å²) in [6.07, 6.45) is 3.87. The van der Waals surface area contributed by atoms with Crippen molar-refractivity contribution in [3.05, 3.63) is 0 Å². The number of carbonyl (C=O) groups excluding carboxylic acids is 2. The van der Waals surface area contributed by atoms with Crippen LogP contribution in [0.5, 0.6) is 0 Å². The topological polar surface area (TPSA) is 95.5 Å².